The van der Waals surface area contributed by atoms with Gasteiger partial charge in [-0.2, -0.15) is 5.26 Å². The molecule has 1 saturated heterocycles. The number of carbonyl (C=O) groups is 1. The summed E-state index contributed by atoms with van der Waals surface area (Å²) in [5, 5.41) is 11.7. The van der Waals surface area contributed by atoms with Crippen molar-refractivity contribution in [3.8, 4) is 6.07 Å². The Kier molecular flexibility index (Phi) is 4.66. The third-order valence-corrected chi connectivity index (χ3v) is 3.29. The molecule has 2 atom stereocenters. The van der Waals surface area contributed by atoms with Crippen LogP contribution >= 0.6 is 0 Å². The van der Waals surface area contributed by atoms with Crippen LogP contribution in [0, 0.1) is 11.3 Å². The molecule has 1 N–H and O–H groups in total. The molecule has 2 rings (SSSR count). The van der Waals surface area contributed by atoms with E-state index in [0.29, 0.717) is 17.9 Å². The van der Waals surface area contributed by atoms with Crippen LogP contribution < -0.4 is 5.32 Å². The SMILES string of the molecule is CCO[C@@H]1CN(C)C[C@H]1NC(=O)c1ccc(C#N)nc1. The maximum absolute atomic E-state index is 12.1. The molecule has 6 nitrogen and oxygen atoms in total. The van der Waals surface area contributed by atoms with Crippen molar-refractivity contribution in [2.75, 3.05) is 26.7 Å². The Morgan fingerprint density at radius 2 is 2.40 bits per heavy atom. The maximum atomic E-state index is 12.1. The van der Waals surface area contributed by atoms with Gasteiger partial charge >= 0.3 is 0 Å². The van der Waals surface area contributed by atoms with Gasteiger partial charge in [0.15, 0.2) is 0 Å². The van der Waals surface area contributed by atoms with Crippen LogP contribution in [-0.2, 0) is 4.74 Å². The number of carbonyl (C=O) groups excluding carboxylic acids is 1. The molecule has 1 aliphatic heterocycles. The normalized spacial score (nSPS) is 22.4. The van der Waals surface area contributed by atoms with Crippen LogP contribution in [0.3, 0.4) is 0 Å². The number of hydrogen-bond donors (Lipinski definition) is 1. The molecule has 1 aromatic heterocycles. The quantitative estimate of drug-likeness (QED) is 0.860. The van der Waals surface area contributed by atoms with Crippen LogP contribution in [-0.4, -0.2) is 54.7 Å². The van der Waals surface area contributed by atoms with E-state index in [1.165, 1.54) is 12.3 Å². The van der Waals surface area contributed by atoms with Crippen molar-refractivity contribution in [2.24, 2.45) is 0 Å². The van der Waals surface area contributed by atoms with Gasteiger partial charge in [-0.05, 0) is 26.1 Å². The first kappa shape index (κ1) is 14.4. The van der Waals surface area contributed by atoms with E-state index < -0.39 is 0 Å². The minimum atomic E-state index is -0.188. The Morgan fingerprint density at radius 1 is 1.60 bits per heavy atom. The van der Waals surface area contributed by atoms with E-state index in [1.807, 2.05) is 20.0 Å². The minimum Gasteiger partial charge on any atom is -0.375 e. The van der Waals surface area contributed by atoms with Gasteiger partial charge in [0.2, 0.25) is 0 Å². The molecule has 1 amide bonds. The molecule has 1 aromatic rings. The number of rotatable bonds is 4. The summed E-state index contributed by atoms with van der Waals surface area (Å²) >= 11 is 0. The minimum absolute atomic E-state index is 0.0142. The van der Waals surface area contributed by atoms with E-state index in [2.05, 4.69) is 15.2 Å². The summed E-state index contributed by atoms with van der Waals surface area (Å²) in [6.45, 7) is 4.15. The Labute approximate surface area is 118 Å². The Bertz CT molecular complexity index is 509. The zero-order chi connectivity index (χ0) is 14.5. The molecule has 0 aliphatic carbocycles. The predicted octanol–water partition coefficient (Wildman–Crippen LogP) is 0.402. The highest BCUT2D eigenvalue weighted by Gasteiger charge is 2.32. The van der Waals surface area contributed by atoms with Gasteiger partial charge in [0.05, 0.1) is 17.7 Å². The van der Waals surface area contributed by atoms with E-state index in [4.69, 9.17) is 10.00 Å². The number of amides is 1. The Hall–Kier alpha value is -1.97. The molecule has 0 bridgehead atoms. The van der Waals surface area contributed by atoms with Gasteiger partial charge in [-0.15, -0.1) is 0 Å². The van der Waals surface area contributed by atoms with Gasteiger partial charge in [-0.1, -0.05) is 0 Å². The molecule has 2 heterocycles. The van der Waals surface area contributed by atoms with Crippen molar-refractivity contribution >= 4 is 5.91 Å². The molecule has 6 heteroatoms. The highest BCUT2D eigenvalue weighted by Crippen LogP contribution is 2.12. The molecular weight excluding hydrogens is 256 g/mol. The zero-order valence-electron chi connectivity index (χ0n) is 11.7. The first-order chi connectivity index (χ1) is 9.63. The van der Waals surface area contributed by atoms with Crippen LogP contribution in [0.15, 0.2) is 18.3 Å². The summed E-state index contributed by atoms with van der Waals surface area (Å²) in [6.07, 6.45) is 1.43. The second-order valence-corrected chi connectivity index (χ2v) is 4.84. The smallest absolute Gasteiger partial charge is 0.253 e. The Balaban J connectivity index is 2.01. The lowest BCUT2D eigenvalue weighted by atomic mass is 10.2. The van der Waals surface area contributed by atoms with E-state index in [0.717, 1.165) is 13.1 Å². The summed E-state index contributed by atoms with van der Waals surface area (Å²) in [4.78, 5) is 18.2. The van der Waals surface area contributed by atoms with Gasteiger partial charge in [0.1, 0.15) is 11.8 Å². The number of ether oxygens (including phenoxy) is 1. The van der Waals surface area contributed by atoms with Crippen LogP contribution in [0.4, 0.5) is 0 Å². The second kappa shape index (κ2) is 6.46. The molecule has 106 valence electrons. The highest BCUT2D eigenvalue weighted by atomic mass is 16.5. The van der Waals surface area contributed by atoms with Crippen molar-refractivity contribution in [1.29, 1.82) is 5.26 Å². The first-order valence-corrected chi connectivity index (χ1v) is 6.61. The van der Waals surface area contributed by atoms with Gasteiger partial charge in [0.25, 0.3) is 5.91 Å². The van der Waals surface area contributed by atoms with Crippen LogP contribution in [0.2, 0.25) is 0 Å². The van der Waals surface area contributed by atoms with Crippen LogP contribution in [0.1, 0.15) is 23.0 Å². The maximum Gasteiger partial charge on any atom is 0.253 e. The summed E-state index contributed by atoms with van der Waals surface area (Å²) in [5.74, 6) is -0.188. The molecule has 0 aromatic carbocycles. The number of aromatic nitrogens is 1. The fraction of sp³-hybridized carbons (Fsp3) is 0.500. The summed E-state index contributed by atoms with van der Waals surface area (Å²) < 4.78 is 5.64. The summed E-state index contributed by atoms with van der Waals surface area (Å²) in [6, 6.07) is 5.05. The molecule has 20 heavy (non-hydrogen) atoms. The van der Waals surface area contributed by atoms with E-state index in [9.17, 15) is 4.79 Å². The number of nitrogens with zero attached hydrogens (tertiary/aromatic N) is 3. The second-order valence-electron chi connectivity index (χ2n) is 4.84. The largest absolute Gasteiger partial charge is 0.375 e. The lowest BCUT2D eigenvalue weighted by Crippen LogP contribution is -2.44. The number of likely N-dealkylation sites (tertiary alicyclic amines) is 1. The molecule has 0 unspecified atom stereocenters. The number of likely N-dealkylation sites (N-methyl/N-ethyl adjacent to an activating group) is 1. The lowest BCUT2D eigenvalue weighted by Gasteiger charge is -2.19. The van der Waals surface area contributed by atoms with Crippen LogP contribution in [0.5, 0.6) is 0 Å². The number of pyridine rings is 1. The van der Waals surface area contributed by atoms with Gasteiger partial charge in [-0.25, -0.2) is 4.98 Å². The molecular formula is C14H18N4O2. The van der Waals surface area contributed by atoms with Gasteiger partial charge in [0, 0.05) is 25.9 Å². The first-order valence-electron chi connectivity index (χ1n) is 6.61. The molecule has 0 spiro atoms. The fourth-order valence-electron chi connectivity index (χ4n) is 2.33. The van der Waals surface area contributed by atoms with E-state index in [-0.39, 0.29) is 18.1 Å². The monoisotopic (exact) mass is 274 g/mol. The lowest BCUT2D eigenvalue weighted by molar-refractivity contribution is 0.0513. The molecule has 0 radical (unpaired) electrons. The standard InChI is InChI=1S/C14H18N4O2/c1-3-20-13-9-18(2)8-12(13)17-14(19)10-4-5-11(6-15)16-7-10/h4-5,7,12-13H,3,8-9H2,1-2H3,(H,17,19)/t12-,13-/m1/s1. The van der Waals surface area contributed by atoms with Crippen molar-refractivity contribution in [3.05, 3.63) is 29.6 Å². The third kappa shape index (κ3) is 3.32. The Morgan fingerprint density at radius 3 is 3.00 bits per heavy atom. The fourth-order valence-corrected chi connectivity index (χ4v) is 2.33. The van der Waals surface area contributed by atoms with Crippen LogP contribution in [0.25, 0.3) is 0 Å². The average molecular weight is 274 g/mol. The predicted molar refractivity (Wildman–Crippen MR) is 73.1 cm³/mol. The number of nitriles is 1. The number of nitrogens with one attached hydrogen (secondary N) is 1. The van der Waals surface area contributed by atoms with Gasteiger partial charge < -0.3 is 15.0 Å². The van der Waals surface area contributed by atoms with Crippen molar-refractivity contribution < 1.29 is 9.53 Å². The molecule has 1 aliphatic rings. The zero-order valence-corrected chi connectivity index (χ0v) is 11.7. The highest BCUT2D eigenvalue weighted by molar-refractivity contribution is 5.94. The third-order valence-electron chi connectivity index (χ3n) is 3.29. The topological polar surface area (TPSA) is 78.2 Å². The average Bonchev–Trinajstić information content (AvgIpc) is 2.79. The van der Waals surface area contributed by atoms with E-state index in [1.54, 1.807) is 6.07 Å². The summed E-state index contributed by atoms with van der Waals surface area (Å²) in [5.41, 5.74) is 0.753. The van der Waals surface area contributed by atoms with E-state index >= 15 is 0 Å². The van der Waals surface area contributed by atoms with Crippen molar-refractivity contribution in [1.82, 2.24) is 15.2 Å². The molecule has 1 fully saturated rings. The number of hydrogen-bond acceptors (Lipinski definition) is 5. The van der Waals surface area contributed by atoms with Crippen molar-refractivity contribution in [3.63, 3.8) is 0 Å². The molecule has 0 saturated carbocycles. The van der Waals surface area contributed by atoms with Gasteiger partial charge in [-0.3, -0.25) is 4.79 Å². The van der Waals surface area contributed by atoms with Crippen molar-refractivity contribution in [2.45, 2.75) is 19.1 Å². The summed E-state index contributed by atoms with van der Waals surface area (Å²) in [7, 11) is 2.00.